The smallest absolute Gasteiger partial charge is 0.258 e. The SMILES string of the molecule is O=C(NC(=S)Nc1ccccc1C(=O)Nc1ccc(Nc2ccccc2)cc1)c1ccc(Cl)cc1Cl. The molecule has 0 atom stereocenters. The van der Waals surface area contributed by atoms with Crippen LogP contribution in [0.5, 0.6) is 0 Å². The maximum atomic E-state index is 13.0. The predicted octanol–water partition coefficient (Wildman–Crippen LogP) is 7.12. The monoisotopic (exact) mass is 534 g/mol. The summed E-state index contributed by atoms with van der Waals surface area (Å²) in [7, 11) is 0. The quantitative estimate of drug-likeness (QED) is 0.198. The van der Waals surface area contributed by atoms with Crippen LogP contribution in [0.25, 0.3) is 0 Å². The van der Waals surface area contributed by atoms with Gasteiger partial charge in [-0.15, -0.1) is 0 Å². The van der Waals surface area contributed by atoms with E-state index in [1.165, 1.54) is 12.1 Å². The van der Waals surface area contributed by atoms with Gasteiger partial charge in [-0.2, -0.15) is 0 Å². The van der Waals surface area contributed by atoms with Crippen LogP contribution < -0.4 is 21.3 Å². The Morgan fingerprint density at radius 1 is 0.639 bits per heavy atom. The third kappa shape index (κ3) is 6.60. The molecule has 9 heteroatoms. The van der Waals surface area contributed by atoms with E-state index in [1.807, 2.05) is 42.5 Å². The minimum Gasteiger partial charge on any atom is -0.356 e. The summed E-state index contributed by atoms with van der Waals surface area (Å²) in [6.45, 7) is 0. The first-order chi connectivity index (χ1) is 17.4. The lowest BCUT2D eigenvalue weighted by molar-refractivity contribution is 0.0976. The number of para-hydroxylation sites is 2. The summed E-state index contributed by atoms with van der Waals surface area (Å²) < 4.78 is 0. The lowest BCUT2D eigenvalue weighted by Crippen LogP contribution is -2.34. The van der Waals surface area contributed by atoms with Gasteiger partial charge in [0.2, 0.25) is 0 Å². The van der Waals surface area contributed by atoms with E-state index in [4.69, 9.17) is 35.4 Å². The Bertz CT molecular complexity index is 1410. The number of amides is 2. The van der Waals surface area contributed by atoms with Crippen molar-refractivity contribution in [3.8, 4) is 0 Å². The van der Waals surface area contributed by atoms with E-state index in [9.17, 15) is 9.59 Å². The molecule has 0 radical (unpaired) electrons. The van der Waals surface area contributed by atoms with Crippen LogP contribution in [0, 0.1) is 0 Å². The van der Waals surface area contributed by atoms with E-state index in [0.29, 0.717) is 22.0 Å². The molecule has 4 aromatic carbocycles. The van der Waals surface area contributed by atoms with E-state index >= 15 is 0 Å². The lowest BCUT2D eigenvalue weighted by atomic mass is 10.1. The summed E-state index contributed by atoms with van der Waals surface area (Å²) in [5, 5.41) is 12.3. The van der Waals surface area contributed by atoms with Crippen molar-refractivity contribution in [3.05, 3.63) is 118 Å². The topological polar surface area (TPSA) is 82.3 Å². The zero-order valence-electron chi connectivity index (χ0n) is 18.7. The minimum absolute atomic E-state index is 0.0163. The molecule has 6 nitrogen and oxygen atoms in total. The van der Waals surface area contributed by atoms with Crippen molar-refractivity contribution in [3.63, 3.8) is 0 Å². The van der Waals surface area contributed by atoms with Gasteiger partial charge in [0.15, 0.2) is 5.11 Å². The number of nitrogens with one attached hydrogen (secondary N) is 4. The molecule has 0 bridgehead atoms. The summed E-state index contributed by atoms with van der Waals surface area (Å²) in [6, 6.07) is 28.5. The first-order valence-corrected chi connectivity index (χ1v) is 12.0. The molecule has 0 fully saturated rings. The van der Waals surface area contributed by atoms with Crippen LogP contribution >= 0.6 is 35.4 Å². The van der Waals surface area contributed by atoms with Gasteiger partial charge >= 0.3 is 0 Å². The molecule has 0 heterocycles. The Labute approximate surface area is 223 Å². The highest BCUT2D eigenvalue weighted by Crippen LogP contribution is 2.22. The molecule has 0 aromatic heterocycles. The number of halogens is 2. The average molecular weight is 535 g/mol. The molecule has 4 rings (SSSR count). The Morgan fingerprint density at radius 2 is 1.28 bits per heavy atom. The zero-order valence-corrected chi connectivity index (χ0v) is 21.0. The van der Waals surface area contributed by atoms with E-state index in [0.717, 1.165) is 11.4 Å². The Morgan fingerprint density at radius 3 is 2.00 bits per heavy atom. The molecule has 4 aromatic rings. The summed E-state index contributed by atoms with van der Waals surface area (Å²) in [6.07, 6.45) is 0. The van der Waals surface area contributed by atoms with Crippen LogP contribution in [0.1, 0.15) is 20.7 Å². The first-order valence-electron chi connectivity index (χ1n) is 10.8. The van der Waals surface area contributed by atoms with Gasteiger partial charge in [0.05, 0.1) is 21.8 Å². The Hall–Kier alpha value is -3.91. The summed E-state index contributed by atoms with van der Waals surface area (Å²) in [5.74, 6) is -0.836. The highest BCUT2D eigenvalue weighted by atomic mass is 35.5. The second kappa shape index (κ2) is 11.7. The fourth-order valence-electron chi connectivity index (χ4n) is 3.31. The maximum Gasteiger partial charge on any atom is 0.258 e. The number of carbonyl (C=O) groups excluding carboxylic acids is 2. The van der Waals surface area contributed by atoms with Crippen LogP contribution in [-0.2, 0) is 0 Å². The van der Waals surface area contributed by atoms with Gasteiger partial charge in [-0.3, -0.25) is 14.9 Å². The predicted molar refractivity (Wildman–Crippen MR) is 151 cm³/mol. The van der Waals surface area contributed by atoms with Gasteiger partial charge in [-0.1, -0.05) is 53.5 Å². The Kier molecular flexibility index (Phi) is 8.17. The molecule has 0 saturated heterocycles. The lowest BCUT2D eigenvalue weighted by Gasteiger charge is -2.14. The second-order valence-electron chi connectivity index (χ2n) is 7.60. The molecule has 180 valence electrons. The van der Waals surface area contributed by atoms with Crippen LogP contribution in [0.15, 0.2) is 97.1 Å². The van der Waals surface area contributed by atoms with Crippen LogP contribution in [-0.4, -0.2) is 16.9 Å². The molecule has 0 aliphatic heterocycles. The minimum atomic E-state index is -0.500. The van der Waals surface area contributed by atoms with Gasteiger partial charge < -0.3 is 16.0 Å². The molecule has 0 aliphatic rings. The van der Waals surface area contributed by atoms with E-state index in [-0.39, 0.29) is 21.6 Å². The standard InChI is InChI=1S/C27H20Cl2N4O2S/c28-17-10-15-21(23(29)16-17)25(34)33-27(36)32-24-9-5-4-8-22(24)26(35)31-20-13-11-19(12-14-20)30-18-6-2-1-3-7-18/h1-16,30H,(H,31,35)(H2,32,33,34,36). The molecule has 2 amide bonds. The van der Waals surface area contributed by atoms with Crippen molar-refractivity contribution in [2.75, 3.05) is 16.0 Å². The van der Waals surface area contributed by atoms with Gasteiger partial charge in [0, 0.05) is 22.1 Å². The molecular weight excluding hydrogens is 515 g/mol. The van der Waals surface area contributed by atoms with E-state index < -0.39 is 5.91 Å². The van der Waals surface area contributed by atoms with E-state index in [1.54, 1.807) is 42.5 Å². The van der Waals surface area contributed by atoms with Gasteiger partial charge in [0.1, 0.15) is 0 Å². The van der Waals surface area contributed by atoms with Crippen LogP contribution in [0.3, 0.4) is 0 Å². The maximum absolute atomic E-state index is 13.0. The third-order valence-electron chi connectivity index (χ3n) is 5.03. The summed E-state index contributed by atoms with van der Waals surface area (Å²) in [5.41, 5.74) is 3.50. The van der Waals surface area contributed by atoms with Gasteiger partial charge in [-0.05, 0) is 78.9 Å². The van der Waals surface area contributed by atoms with E-state index in [2.05, 4.69) is 21.3 Å². The van der Waals surface area contributed by atoms with Gasteiger partial charge in [0.25, 0.3) is 11.8 Å². The first kappa shape index (κ1) is 25.2. The molecule has 0 aliphatic carbocycles. The van der Waals surface area contributed by atoms with Crippen molar-refractivity contribution >= 4 is 75.1 Å². The fraction of sp³-hybridized carbons (Fsp3) is 0. The number of rotatable bonds is 6. The Balaban J connectivity index is 1.40. The zero-order chi connectivity index (χ0) is 25.5. The number of benzene rings is 4. The molecule has 4 N–H and O–H groups in total. The van der Waals surface area contributed by atoms with Crippen LogP contribution in [0.2, 0.25) is 10.0 Å². The van der Waals surface area contributed by atoms with Crippen molar-refractivity contribution in [1.29, 1.82) is 0 Å². The highest BCUT2D eigenvalue weighted by molar-refractivity contribution is 7.80. The number of hydrogen-bond acceptors (Lipinski definition) is 4. The molecule has 0 unspecified atom stereocenters. The summed E-state index contributed by atoms with van der Waals surface area (Å²) >= 11 is 17.3. The fourth-order valence-corrected chi connectivity index (χ4v) is 4.01. The van der Waals surface area contributed by atoms with Crippen LogP contribution in [0.4, 0.5) is 22.7 Å². The second-order valence-corrected chi connectivity index (χ2v) is 8.85. The number of anilines is 4. The number of hydrogen-bond donors (Lipinski definition) is 4. The summed E-state index contributed by atoms with van der Waals surface area (Å²) in [4.78, 5) is 25.5. The molecule has 0 saturated carbocycles. The largest absolute Gasteiger partial charge is 0.356 e. The van der Waals surface area contributed by atoms with Crippen molar-refractivity contribution in [1.82, 2.24) is 5.32 Å². The van der Waals surface area contributed by atoms with Crippen molar-refractivity contribution in [2.45, 2.75) is 0 Å². The van der Waals surface area contributed by atoms with Crippen molar-refractivity contribution < 1.29 is 9.59 Å². The highest BCUT2D eigenvalue weighted by Gasteiger charge is 2.15. The number of carbonyl (C=O) groups is 2. The normalized spacial score (nSPS) is 10.3. The van der Waals surface area contributed by atoms with Crippen molar-refractivity contribution in [2.24, 2.45) is 0 Å². The molecule has 36 heavy (non-hydrogen) atoms. The molecule has 0 spiro atoms. The van der Waals surface area contributed by atoms with Gasteiger partial charge in [-0.25, -0.2) is 0 Å². The number of thiocarbonyl (C=S) groups is 1. The molecular formula is C27H20Cl2N4O2S. The third-order valence-corrected chi connectivity index (χ3v) is 5.78. The average Bonchev–Trinajstić information content (AvgIpc) is 2.86.